The SMILES string of the molecule is CC[C@@H]1CCC(=CO)C(=O)C1(C)C. The summed E-state index contributed by atoms with van der Waals surface area (Å²) in [7, 11) is 0. The summed E-state index contributed by atoms with van der Waals surface area (Å²) in [5.41, 5.74) is 0.302. The third-order valence-corrected chi connectivity index (χ3v) is 3.31. The Hall–Kier alpha value is -0.790. The molecule has 1 aliphatic carbocycles. The van der Waals surface area contributed by atoms with Crippen LogP contribution in [0.25, 0.3) is 0 Å². The number of hydrogen-bond donors (Lipinski definition) is 1. The summed E-state index contributed by atoms with van der Waals surface area (Å²) in [4.78, 5) is 11.8. The molecule has 1 atom stereocenters. The lowest BCUT2D eigenvalue weighted by atomic mass is 9.65. The Bertz CT molecular complexity index is 238. The van der Waals surface area contributed by atoms with E-state index in [0.29, 0.717) is 11.5 Å². The second kappa shape index (κ2) is 3.52. The van der Waals surface area contributed by atoms with Crippen molar-refractivity contribution in [3.05, 3.63) is 11.8 Å². The maximum Gasteiger partial charge on any atom is 0.167 e. The molecule has 0 aromatic rings. The number of aliphatic hydroxyl groups excluding tert-OH is 1. The average Bonchev–Trinajstić information content (AvgIpc) is 2.09. The minimum atomic E-state index is -0.290. The Kier molecular flexibility index (Phi) is 2.79. The minimum Gasteiger partial charge on any atom is -0.515 e. The van der Waals surface area contributed by atoms with Gasteiger partial charge in [-0.15, -0.1) is 0 Å². The monoisotopic (exact) mass is 182 g/mol. The maximum atomic E-state index is 11.8. The van der Waals surface area contributed by atoms with Gasteiger partial charge in [0.25, 0.3) is 0 Å². The Morgan fingerprint density at radius 3 is 2.69 bits per heavy atom. The summed E-state index contributed by atoms with van der Waals surface area (Å²) >= 11 is 0. The van der Waals surface area contributed by atoms with Crippen LogP contribution in [-0.4, -0.2) is 10.9 Å². The molecule has 2 nitrogen and oxygen atoms in total. The van der Waals surface area contributed by atoms with Crippen LogP contribution in [0.5, 0.6) is 0 Å². The maximum absolute atomic E-state index is 11.8. The molecule has 0 aromatic heterocycles. The van der Waals surface area contributed by atoms with E-state index in [0.717, 1.165) is 25.5 Å². The zero-order valence-electron chi connectivity index (χ0n) is 8.63. The smallest absolute Gasteiger partial charge is 0.167 e. The van der Waals surface area contributed by atoms with Crippen molar-refractivity contribution in [1.29, 1.82) is 0 Å². The first kappa shape index (κ1) is 10.3. The van der Waals surface area contributed by atoms with E-state index in [9.17, 15) is 4.79 Å². The van der Waals surface area contributed by atoms with Crippen molar-refractivity contribution in [3.63, 3.8) is 0 Å². The van der Waals surface area contributed by atoms with E-state index in [2.05, 4.69) is 6.92 Å². The number of hydrogen-bond acceptors (Lipinski definition) is 2. The highest BCUT2D eigenvalue weighted by Crippen LogP contribution is 2.41. The van der Waals surface area contributed by atoms with Crippen LogP contribution in [0.15, 0.2) is 11.8 Å². The molecule has 1 aliphatic rings. The van der Waals surface area contributed by atoms with E-state index < -0.39 is 0 Å². The van der Waals surface area contributed by atoms with Gasteiger partial charge >= 0.3 is 0 Å². The van der Waals surface area contributed by atoms with E-state index in [1.165, 1.54) is 0 Å². The van der Waals surface area contributed by atoms with Gasteiger partial charge in [-0.2, -0.15) is 0 Å². The molecule has 0 spiro atoms. The minimum absolute atomic E-state index is 0.119. The van der Waals surface area contributed by atoms with E-state index in [-0.39, 0.29) is 11.2 Å². The highest BCUT2D eigenvalue weighted by Gasteiger charge is 2.40. The van der Waals surface area contributed by atoms with Crippen molar-refractivity contribution in [1.82, 2.24) is 0 Å². The molecule has 74 valence electrons. The van der Waals surface area contributed by atoms with Gasteiger partial charge in [-0.25, -0.2) is 0 Å². The molecule has 1 saturated carbocycles. The second-order valence-corrected chi connectivity index (χ2v) is 4.35. The molecule has 0 radical (unpaired) electrons. The van der Waals surface area contributed by atoms with Crippen LogP contribution in [0.1, 0.15) is 40.0 Å². The normalized spacial score (nSPS) is 30.8. The first-order valence-corrected chi connectivity index (χ1v) is 4.92. The zero-order chi connectivity index (χ0) is 10.1. The van der Waals surface area contributed by atoms with Gasteiger partial charge in [-0.3, -0.25) is 4.79 Å². The van der Waals surface area contributed by atoms with Crippen LogP contribution in [0.2, 0.25) is 0 Å². The van der Waals surface area contributed by atoms with Crippen LogP contribution in [-0.2, 0) is 4.79 Å². The molecule has 1 rings (SSSR count). The van der Waals surface area contributed by atoms with Crippen LogP contribution in [0.4, 0.5) is 0 Å². The number of rotatable bonds is 1. The van der Waals surface area contributed by atoms with Crippen molar-refractivity contribution in [2.24, 2.45) is 11.3 Å². The fourth-order valence-electron chi connectivity index (χ4n) is 2.24. The molecule has 1 fully saturated rings. The van der Waals surface area contributed by atoms with Gasteiger partial charge < -0.3 is 5.11 Å². The lowest BCUT2D eigenvalue weighted by Gasteiger charge is -2.37. The van der Waals surface area contributed by atoms with Gasteiger partial charge in [0.05, 0.1) is 6.26 Å². The van der Waals surface area contributed by atoms with Crippen LogP contribution in [0.3, 0.4) is 0 Å². The van der Waals surface area contributed by atoms with Crippen molar-refractivity contribution in [2.45, 2.75) is 40.0 Å². The molecule has 0 unspecified atom stereocenters. The molecule has 0 saturated heterocycles. The molecule has 2 heteroatoms. The van der Waals surface area contributed by atoms with E-state index in [1.54, 1.807) is 0 Å². The third-order valence-electron chi connectivity index (χ3n) is 3.31. The fourth-order valence-corrected chi connectivity index (χ4v) is 2.24. The number of carbonyl (C=O) groups is 1. The van der Waals surface area contributed by atoms with E-state index in [1.807, 2.05) is 13.8 Å². The highest BCUT2D eigenvalue weighted by molar-refractivity contribution is 6.00. The quantitative estimate of drug-likeness (QED) is 0.500. The second-order valence-electron chi connectivity index (χ2n) is 4.35. The Morgan fingerprint density at radius 2 is 2.23 bits per heavy atom. The number of aliphatic hydroxyl groups is 1. The summed E-state index contributed by atoms with van der Waals surface area (Å²) in [5, 5.41) is 8.87. The molecule has 0 aliphatic heterocycles. The highest BCUT2D eigenvalue weighted by atomic mass is 16.2. The third kappa shape index (κ3) is 1.62. The number of carbonyl (C=O) groups excluding carboxylic acids is 1. The van der Waals surface area contributed by atoms with Crippen LogP contribution < -0.4 is 0 Å². The van der Waals surface area contributed by atoms with Crippen LogP contribution in [0, 0.1) is 11.3 Å². The molecular weight excluding hydrogens is 164 g/mol. The molecule has 0 bridgehead atoms. The van der Waals surface area contributed by atoms with Gasteiger partial charge in [-0.05, 0) is 18.8 Å². The van der Waals surface area contributed by atoms with Gasteiger partial charge in [0.2, 0.25) is 0 Å². The van der Waals surface area contributed by atoms with Gasteiger partial charge in [0.1, 0.15) is 0 Å². The first-order valence-electron chi connectivity index (χ1n) is 4.92. The average molecular weight is 182 g/mol. The molecule has 1 N–H and O–H groups in total. The zero-order valence-corrected chi connectivity index (χ0v) is 8.63. The number of ketones is 1. The molecular formula is C11H18O2. The molecule has 13 heavy (non-hydrogen) atoms. The predicted molar refractivity (Wildman–Crippen MR) is 52.5 cm³/mol. The van der Waals surface area contributed by atoms with Crippen LogP contribution >= 0.6 is 0 Å². The molecule has 0 amide bonds. The van der Waals surface area contributed by atoms with Gasteiger partial charge in [0.15, 0.2) is 5.78 Å². The van der Waals surface area contributed by atoms with E-state index in [4.69, 9.17) is 5.11 Å². The topological polar surface area (TPSA) is 37.3 Å². The largest absolute Gasteiger partial charge is 0.515 e. The lowest BCUT2D eigenvalue weighted by Crippen LogP contribution is -2.37. The van der Waals surface area contributed by atoms with Gasteiger partial charge in [-0.1, -0.05) is 27.2 Å². The summed E-state index contributed by atoms with van der Waals surface area (Å²) in [6, 6.07) is 0. The number of allylic oxidation sites excluding steroid dienone is 1. The standard InChI is InChI=1S/C11H18O2/c1-4-9-6-5-8(7-12)10(13)11(9,2)3/h7,9,12H,4-6H2,1-3H3/t9-/m1/s1. The van der Waals surface area contributed by atoms with Crippen molar-refractivity contribution >= 4 is 5.78 Å². The van der Waals surface area contributed by atoms with Crippen molar-refractivity contribution in [3.8, 4) is 0 Å². The lowest BCUT2D eigenvalue weighted by molar-refractivity contribution is -0.128. The summed E-state index contributed by atoms with van der Waals surface area (Å²) < 4.78 is 0. The molecule has 0 heterocycles. The Morgan fingerprint density at radius 1 is 1.62 bits per heavy atom. The molecule has 0 aromatic carbocycles. The van der Waals surface area contributed by atoms with Crippen molar-refractivity contribution < 1.29 is 9.90 Å². The van der Waals surface area contributed by atoms with Gasteiger partial charge in [0, 0.05) is 11.0 Å². The van der Waals surface area contributed by atoms with Crippen molar-refractivity contribution in [2.75, 3.05) is 0 Å². The number of Topliss-reactive ketones (excluding diaryl/α,β-unsaturated/α-hetero) is 1. The Labute approximate surface area is 79.6 Å². The summed E-state index contributed by atoms with van der Waals surface area (Å²) in [5.74, 6) is 0.580. The summed E-state index contributed by atoms with van der Waals surface area (Å²) in [6.07, 6.45) is 3.77. The predicted octanol–water partition coefficient (Wildman–Crippen LogP) is 2.84. The Balaban J connectivity index is 2.92. The first-order chi connectivity index (χ1) is 6.04. The summed E-state index contributed by atoms with van der Waals surface area (Å²) in [6.45, 7) is 6.08. The fraction of sp³-hybridized carbons (Fsp3) is 0.727. The van der Waals surface area contributed by atoms with E-state index >= 15 is 0 Å².